The van der Waals surface area contributed by atoms with Crippen LogP contribution in [0.1, 0.15) is 42.0 Å². The molecule has 0 heterocycles. The van der Waals surface area contributed by atoms with Gasteiger partial charge in [-0.15, -0.1) is 0 Å². The highest BCUT2D eigenvalue weighted by Gasteiger charge is 2.09. The number of carbonyl (C=O) groups excluding carboxylic acids is 1. The predicted molar refractivity (Wildman–Crippen MR) is 121 cm³/mol. The van der Waals surface area contributed by atoms with Crippen LogP contribution in [-0.2, 0) is 29.2 Å². The number of unbranched alkanes of at least 4 members (excludes halogenated alkanes) is 1. The van der Waals surface area contributed by atoms with Gasteiger partial charge in [-0.25, -0.2) is 0 Å². The first-order valence-corrected chi connectivity index (χ1v) is 10.4. The summed E-state index contributed by atoms with van der Waals surface area (Å²) in [5.41, 5.74) is 4.00. The first-order chi connectivity index (χ1) is 14.7. The third kappa shape index (κ3) is 6.93. The van der Waals surface area contributed by atoms with Gasteiger partial charge in [-0.3, -0.25) is 4.79 Å². The second-order valence-electron chi connectivity index (χ2n) is 7.16. The van der Waals surface area contributed by atoms with Crippen LogP contribution in [0.15, 0.2) is 84.9 Å². The quantitative estimate of drug-likeness (QED) is 0.371. The molecule has 3 heteroatoms. The summed E-state index contributed by atoms with van der Waals surface area (Å²) in [6.07, 6.45) is 6.54. The Hall–Kier alpha value is -3.33. The molecule has 3 aromatic carbocycles. The fourth-order valence-electron chi connectivity index (χ4n) is 3.04. The lowest BCUT2D eigenvalue weighted by molar-refractivity contribution is -0.144. The van der Waals surface area contributed by atoms with Crippen molar-refractivity contribution in [3.8, 4) is 5.75 Å². The van der Waals surface area contributed by atoms with E-state index in [1.807, 2.05) is 78.9 Å². The molecule has 3 rings (SSSR count). The Labute approximate surface area is 179 Å². The van der Waals surface area contributed by atoms with Gasteiger partial charge in [0.15, 0.2) is 0 Å². The van der Waals surface area contributed by atoms with Gasteiger partial charge in [0.2, 0.25) is 0 Å². The number of allylic oxidation sites excluding steroid dienone is 1. The Morgan fingerprint density at radius 1 is 0.833 bits per heavy atom. The van der Waals surface area contributed by atoms with Gasteiger partial charge in [-0.1, -0.05) is 92.2 Å². The van der Waals surface area contributed by atoms with Crippen LogP contribution in [0.3, 0.4) is 0 Å². The number of benzene rings is 3. The maximum Gasteiger partial charge on any atom is 0.310 e. The smallest absolute Gasteiger partial charge is 0.310 e. The van der Waals surface area contributed by atoms with E-state index in [9.17, 15) is 4.79 Å². The molecular formula is C27H28O3. The van der Waals surface area contributed by atoms with Gasteiger partial charge in [0.1, 0.15) is 19.0 Å². The summed E-state index contributed by atoms with van der Waals surface area (Å²) < 4.78 is 11.5. The highest BCUT2D eigenvalue weighted by Crippen LogP contribution is 2.24. The Morgan fingerprint density at radius 3 is 2.17 bits per heavy atom. The molecule has 0 aliphatic carbocycles. The summed E-state index contributed by atoms with van der Waals surface area (Å²) >= 11 is 0. The van der Waals surface area contributed by atoms with Crippen LogP contribution in [0.25, 0.3) is 6.08 Å². The molecule has 0 saturated carbocycles. The Bertz CT molecular complexity index is 946. The normalized spacial score (nSPS) is 10.8. The standard InChI is InChI=1S/C27H28O3/c1-2-3-6-15-25-18-24(19-27(28)30-21-23-13-9-5-10-14-23)16-17-26(25)29-20-22-11-7-4-8-12-22/h4-18H,2-3,19-21H2,1H3/b15-6+. The fraction of sp³-hybridized carbons (Fsp3) is 0.222. The Kier molecular flexibility index (Phi) is 8.28. The van der Waals surface area contributed by atoms with Crippen molar-refractivity contribution in [2.45, 2.75) is 39.4 Å². The van der Waals surface area contributed by atoms with Crippen molar-refractivity contribution in [2.75, 3.05) is 0 Å². The lowest BCUT2D eigenvalue weighted by atomic mass is 10.1. The van der Waals surface area contributed by atoms with Crippen molar-refractivity contribution < 1.29 is 14.3 Å². The minimum absolute atomic E-state index is 0.236. The summed E-state index contributed by atoms with van der Waals surface area (Å²) in [6.45, 7) is 2.95. The monoisotopic (exact) mass is 400 g/mol. The van der Waals surface area contributed by atoms with Crippen molar-refractivity contribution in [1.29, 1.82) is 0 Å². The predicted octanol–water partition coefficient (Wildman–Crippen LogP) is 6.36. The molecule has 0 atom stereocenters. The van der Waals surface area contributed by atoms with Crippen LogP contribution in [0, 0.1) is 0 Å². The van der Waals surface area contributed by atoms with Crippen molar-refractivity contribution in [2.24, 2.45) is 0 Å². The molecule has 0 unspecified atom stereocenters. The first kappa shape index (κ1) is 21.4. The van der Waals surface area contributed by atoms with E-state index in [1.54, 1.807) is 0 Å². The van der Waals surface area contributed by atoms with E-state index >= 15 is 0 Å². The molecule has 0 saturated heterocycles. The van der Waals surface area contributed by atoms with Gasteiger partial charge in [0.25, 0.3) is 0 Å². The number of ether oxygens (including phenoxy) is 2. The molecule has 3 nitrogen and oxygen atoms in total. The number of hydrogen-bond acceptors (Lipinski definition) is 3. The fourth-order valence-corrected chi connectivity index (χ4v) is 3.04. The van der Waals surface area contributed by atoms with Gasteiger partial charge in [0, 0.05) is 5.56 Å². The van der Waals surface area contributed by atoms with Crippen LogP contribution in [0.4, 0.5) is 0 Å². The lowest BCUT2D eigenvalue weighted by Gasteiger charge is -2.12. The summed E-state index contributed by atoms with van der Waals surface area (Å²) in [5, 5.41) is 0. The summed E-state index contributed by atoms with van der Waals surface area (Å²) in [6, 6.07) is 25.7. The average molecular weight is 401 g/mol. The maximum absolute atomic E-state index is 12.3. The molecule has 0 amide bonds. The number of rotatable bonds is 10. The zero-order chi connectivity index (χ0) is 21.0. The summed E-state index contributed by atoms with van der Waals surface area (Å²) in [4.78, 5) is 12.3. The highest BCUT2D eigenvalue weighted by molar-refractivity contribution is 5.73. The van der Waals surface area contributed by atoms with Gasteiger partial charge in [0.05, 0.1) is 6.42 Å². The third-order valence-corrected chi connectivity index (χ3v) is 4.66. The van der Waals surface area contributed by atoms with Gasteiger partial charge < -0.3 is 9.47 Å². The van der Waals surface area contributed by atoms with Crippen LogP contribution >= 0.6 is 0 Å². The molecule has 0 fully saturated rings. The zero-order valence-corrected chi connectivity index (χ0v) is 17.4. The Balaban J connectivity index is 1.65. The van der Waals surface area contributed by atoms with E-state index in [2.05, 4.69) is 19.1 Å². The molecule has 30 heavy (non-hydrogen) atoms. The van der Waals surface area contributed by atoms with E-state index in [0.717, 1.165) is 40.8 Å². The molecule has 0 radical (unpaired) electrons. The van der Waals surface area contributed by atoms with Crippen LogP contribution in [-0.4, -0.2) is 5.97 Å². The van der Waals surface area contributed by atoms with Gasteiger partial charge >= 0.3 is 5.97 Å². The topological polar surface area (TPSA) is 35.5 Å². The molecule has 0 aliphatic heterocycles. The second-order valence-corrected chi connectivity index (χ2v) is 7.16. The molecule has 0 bridgehead atoms. The molecule has 0 N–H and O–H groups in total. The van der Waals surface area contributed by atoms with Crippen molar-refractivity contribution in [3.05, 3.63) is 107 Å². The van der Waals surface area contributed by atoms with Gasteiger partial charge in [-0.05, 0) is 35.2 Å². The number of carbonyl (C=O) groups is 1. The van der Waals surface area contributed by atoms with E-state index < -0.39 is 0 Å². The molecular weight excluding hydrogens is 372 g/mol. The molecule has 0 aromatic heterocycles. The van der Waals surface area contributed by atoms with Crippen LogP contribution in [0.5, 0.6) is 5.75 Å². The van der Waals surface area contributed by atoms with Crippen molar-refractivity contribution in [3.63, 3.8) is 0 Å². The zero-order valence-electron chi connectivity index (χ0n) is 17.4. The molecule has 154 valence electrons. The van der Waals surface area contributed by atoms with E-state index in [1.165, 1.54) is 0 Å². The SMILES string of the molecule is CCC/C=C/c1cc(CC(=O)OCc2ccccc2)ccc1OCc1ccccc1. The van der Waals surface area contributed by atoms with Crippen LogP contribution < -0.4 is 4.74 Å². The number of esters is 1. The average Bonchev–Trinajstić information content (AvgIpc) is 2.79. The lowest BCUT2D eigenvalue weighted by Crippen LogP contribution is -2.08. The minimum Gasteiger partial charge on any atom is -0.488 e. The van der Waals surface area contributed by atoms with Crippen molar-refractivity contribution in [1.82, 2.24) is 0 Å². The third-order valence-electron chi connectivity index (χ3n) is 4.66. The number of hydrogen-bond donors (Lipinski definition) is 0. The first-order valence-electron chi connectivity index (χ1n) is 10.4. The summed E-state index contributed by atoms with van der Waals surface area (Å²) in [5.74, 6) is 0.577. The minimum atomic E-state index is -0.236. The second kappa shape index (κ2) is 11.6. The van der Waals surface area contributed by atoms with Crippen LogP contribution in [0.2, 0.25) is 0 Å². The van der Waals surface area contributed by atoms with E-state index in [0.29, 0.717) is 13.2 Å². The molecule has 3 aromatic rings. The largest absolute Gasteiger partial charge is 0.488 e. The van der Waals surface area contributed by atoms with Gasteiger partial charge in [-0.2, -0.15) is 0 Å². The molecule has 0 spiro atoms. The van der Waals surface area contributed by atoms with Crippen molar-refractivity contribution >= 4 is 12.0 Å². The summed E-state index contributed by atoms with van der Waals surface area (Å²) in [7, 11) is 0. The highest BCUT2D eigenvalue weighted by atomic mass is 16.5. The molecule has 0 aliphatic rings. The Morgan fingerprint density at radius 2 is 1.50 bits per heavy atom. The van der Waals surface area contributed by atoms with E-state index in [4.69, 9.17) is 9.47 Å². The maximum atomic E-state index is 12.3. The van der Waals surface area contributed by atoms with E-state index in [-0.39, 0.29) is 12.4 Å².